The molecule has 0 aliphatic heterocycles. The minimum absolute atomic E-state index is 0.172. The zero-order chi connectivity index (χ0) is 14.5. The maximum absolute atomic E-state index is 12.4. The maximum atomic E-state index is 12.4. The van der Waals surface area contributed by atoms with Crippen molar-refractivity contribution in [2.24, 2.45) is 5.92 Å². The van der Waals surface area contributed by atoms with Gasteiger partial charge in [0.1, 0.15) is 0 Å². The number of amides is 1. The van der Waals surface area contributed by atoms with Gasteiger partial charge in [-0.1, -0.05) is 24.3 Å². The number of carbonyl (C=O) groups is 1. The lowest BCUT2D eigenvalue weighted by Crippen LogP contribution is -2.32. The molecule has 108 valence electrons. The highest BCUT2D eigenvalue weighted by Gasteiger charge is 2.21. The number of hydrogen-bond donors (Lipinski definition) is 0. The monoisotopic (exact) mass is 272 g/mol. The van der Waals surface area contributed by atoms with Gasteiger partial charge in [-0.05, 0) is 37.0 Å². The summed E-state index contributed by atoms with van der Waals surface area (Å²) in [7, 11) is 5.96. The van der Waals surface area contributed by atoms with Gasteiger partial charge in [-0.3, -0.25) is 4.79 Å². The molecule has 0 bridgehead atoms. The third kappa shape index (κ3) is 3.62. The van der Waals surface area contributed by atoms with Gasteiger partial charge in [0.05, 0.1) is 0 Å². The van der Waals surface area contributed by atoms with Crippen LogP contribution in [0.15, 0.2) is 36.4 Å². The van der Waals surface area contributed by atoms with E-state index in [1.54, 1.807) is 0 Å². The number of nitrogens with zero attached hydrogens (tertiary/aromatic N) is 2. The number of rotatable bonds is 4. The molecule has 0 aromatic heterocycles. The SMILES string of the molecule is CN(Cc1ccc(N(C)C)cc1)C(=O)C1CC=CCC1. The van der Waals surface area contributed by atoms with Gasteiger partial charge in [-0.25, -0.2) is 0 Å². The Kier molecular flexibility index (Phi) is 4.83. The van der Waals surface area contributed by atoms with E-state index in [1.807, 2.05) is 26.0 Å². The fourth-order valence-corrected chi connectivity index (χ4v) is 2.58. The third-order valence-electron chi connectivity index (χ3n) is 3.87. The lowest BCUT2D eigenvalue weighted by atomic mass is 9.93. The van der Waals surface area contributed by atoms with Crippen molar-refractivity contribution in [2.75, 3.05) is 26.0 Å². The molecule has 1 unspecified atom stereocenters. The number of hydrogen-bond acceptors (Lipinski definition) is 2. The molecular weight excluding hydrogens is 248 g/mol. The van der Waals surface area contributed by atoms with E-state index < -0.39 is 0 Å². The lowest BCUT2D eigenvalue weighted by molar-refractivity contribution is -0.135. The first-order valence-corrected chi connectivity index (χ1v) is 7.24. The predicted octanol–water partition coefficient (Wildman–Crippen LogP) is 3.07. The molecule has 20 heavy (non-hydrogen) atoms. The van der Waals surface area contributed by atoms with E-state index in [0.29, 0.717) is 6.54 Å². The molecule has 0 heterocycles. The molecule has 3 heteroatoms. The van der Waals surface area contributed by atoms with Gasteiger partial charge in [0, 0.05) is 39.3 Å². The van der Waals surface area contributed by atoms with E-state index in [4.69, 9.17) is 0 Å². The van der Waals surface area contributed by atoms with Crippen LogP contribution in [0.4, 0.5) is 5.69 Å². The minimum Gasteiger partial charge on any atom is -0.378 e. The lowest BCUT2D eigenvalue weighted by Gasteiger charge is -2.24. The second kappa shape index (κ2) is 6.60. The smallest absolute Gasteiger partial charge is 0.226 e. The van der Waals surface area contributed by atoms with Crippen molar-refractivity contribution in [1.82, 2.24) is 4.90 Å². The van der Waals surface area contributed by atoms with Crippen molar-refractivity contribution < 1.29 is 4.79 Å². The van der Waals surface area contributed by atoms with Crippen LogP contribution in [-0.4, -0.2) is 32.0 Å². The van der Waals surface area contributed by atoms with Gasteiger partial charge >= 0.3 is 0 Å². The van der Waals surface area contributed by atoms with Crippen LogP contribution in [0.25, 0.3) is 0 Å². The molecule has 1 amide bonds. The van der Waals surface area contributed by atoms with E-state index in [1.165, 1.54) is 11.3 Å². The molecule has 0 spiro atoms. The largest absolute Gasteiger partial charge is 0.378 e. The van der Waals surface area contributed by atoms with Crippen LogP contribution in [0.2, 0.25) is 0 Å². The second-order valence-corrected chi connectivity index (χ2v) is 5.74. The fraction of sp³-hybridized carbons (Fsp3) is 0.471. The zero-order valence-corrected chi connectivity index (χ0v) is 12.7. The first kappa shape index (κ1) is 14.6. The predicted molar refractivity (Wildman–Crippen MR) is 83.7 cm³/mol. The quantitative estimate of drug-likeness (QED) is 0.786. The molecule has 2 rings (SSSR count). The van der Waals surface area contributed by atoms with Crippen LogP contribution in [0.1, 0.15) is 24.8 Å². The van der Waals surface area contributed by atoms with Crippen molar-refractivity contribution >= 4 is 11.6 Å². The van der Waals surface area contributed by atoms with Crippen molar-refractivity contribution in [3.05, 3.63) is 42.0 Å². The van der Waals surface area contributed by atoms with Crippen LogP contribution in [0.5, 0.6) is 0 Å². The van der Waals surface area contributed by atoms with E-state index in [-0.39, 0.29) is 11.8 Å². The summed E-state index contributed by atoms with van der Waals surface area (Å²) in [5.74, 6) is 0.442. The van der Waals surface area contributed by atoms with E-state index in [9.17, 15) is 4.79 Å². The molecule has 1 aromatic carbocycles. The molecule has 0 saturated heterocycles. The molecule has 0 N–H and O–H groups in total. The van der Waals surface area contributed by atoms with Crippen LogP contribution < -0.4 is 4.90 Å². The topological polar surface area (TPSA) is 23.6 Å². The normalized spacial score (nSPS) is 17.9. The summed E-state index contributed by atoms with van der Waals surface area (Å²) in [6.07, 6.45) is 7.21. The average Bonchev–Trinajstić information content (AvgIpc) is 2.48. The molecule has 1 aliphatic carbocycles. The second-order valence-electron chi connectivity index (χ2n) is 5.74. The highest BCUT2D eigenvalue weighted by Crippen LogP contribution is 2.21. The Hall–Kier alpha value is -1.77. The van der Waals surface area contributed by atoms with E-state index >= 15 is 0 Å². The highest BCUT2D eigenvalue weighted by atomic mass is 16.2. The molecule has 1 atom stereocenters. The Labute approximate surface area is 121 Å². The Morgan fingerprint density at radius 1 is 1.15 bits per heavy atom. The van der Waals surface area contributed by atoms with Gasteiger partial charge in [0.2, 0.25) is 5.91 Å². The maximum Gasteiger partial charge on any atom is 0.226 e. The third-order valence-corrected chi connectivity index (χ3v) is 3.87. The van der Waals surface area contributed by atoms with Crippen LogP contribution >= 0.6 is 0 Å². The standard InChI is InChI=1S/C17H24N2O/c1-18(2)16-11-9-14(10-12-16)13-19(3)17(20)15-7-5-4-6-8-15/h4-5,9-12,15H,6-8,13H2,1-3H3. The summed E-state index contributed by atoms with van der Waals surface area (Å²) in [5, 5.41) is 0. The minimum atomic E-state index is 0.172. The summed E-state index contributed by atoms with van der Waals surface area (Å²) >= 11 is 0. The fourth-order valence-electron chi connectivity index (χ4n) is 2.58. The molecule has 3 nitrogen and oxygen atoms in total. The average molecular weight is 272 g/mol. The highest BCUT2D eigenvalue weighted by molar-refractivity contribution is 5.79. The van der Waals surface area contributed by atoms with E-state index in [0.717, 1.165) is 19.3 Å². The van der Waals surface area contributed by atoms with Gasteiger partial charge in [-0.15, -0.1) is 0 Å². The van der Waals surface area contributed by atoms with Crippen molar-refractivity contribution in [3.63, 3.8) is 0 Å². The van der Waals surface area contributed by atoms with Gasteiger partial charge < -0.3 is 9.80 Å². The zero-order valence-electron chi connectivity index (χ0n) is 12.7. The summed E-state index contributed by atoms with van der Waals surface area (Å²) in [6, 6.07) is 8.38. The van der Waals surface area contributed by atoms with E-state index in [2.05, 4.69) is 41.3 Å². The Morgan fingerprint density at radius 2 is 1.85 bits per heavy atom. The number of carbonyl (C=O) groups excluding carboxylic acids is 1. The first-order valence-electron chi connectivity index (χ1n) is 7.24. The van der Waals surface area contributed by atoms with Crippen LogP contribution in [-0.2, 0) is 11.3 Å². The van der Waals surface area contributed by atoms with Crippen molar-refractivity contribution in [3.8, 4) is 0 Å². The Bertz CT molecular complexity index is 476. The molecule has 0 radical (unpaired) electrons. The Morgan fingerprint density at radius 3 is 2.40 bits per heavy atom. The molecule has 1 aromatic rings. The van der Waals surface area contributed by atoms with Gasteiger partial charge in [-0.2, -0.15) is 0 Å². The van der Waals surface area contributed by atoms with Crippen LogP contribution in [0.3, 0.4) is 0 Å². The van der Waals surface area contributed by atoms with Gasteiger partial charge in [0.15, 0.2) is 0 Å². The van der Waals surface area contributed by atoms with Crippen molar-refractivity contribution in [1.29, 1.82) is 0 Å². The molecule has 1 aliphatic rings. The summed E-state index contributed by atoms with van der Waals surface area (Å²) in [5.41, 5.74) is 2.36. The summed E-state index contributed by atoms with van der Waals surface area (Å²) < 4.78 is 0. The van der Waals surface area contributed by atoms with Gasteiger partial charge in [0.25, 0.3) is 0 Å². The summed E-state index contributed by atoms with van der Waals surface area (Å²) in [6.45, 7) is 0.687. The first-order chi connectivity index (χ1) is 9.58. The van der Waals surface area contributed by atoms with Crippen LogP contribution in [0, 0.1) is 5.92 Å². The number of anilines is 1. The Balaban J connectivity index is 1.94. The number of benzene rings is 1. The molecule has 0 saturated carbocycles. The molecule has 0 fully saturated rings. The molecular formula is C17H24N2O. The summed E-state index contributed by atoms with van der Waals surface area (Å²) in [4.78, 5) is 16.3. The number of allylic oxidation sites excluding steroid dienone is 2. The van der Waals surface area contributed by atoms with Crippen molar-refractivity contribution in [2.45, 2.75) is 25.8 Å².